The van der Waals surface area contributed by atoms with Crippen LogP contribution in [0.4, 0.5) is 22.0 Å². The van der Waals surface area contributed by atoms with Crippen molar-refractivity contribution in [1.29, 1.82) is 0 Å². The van der Waals surface area contributed by atoms with E-state index in [4.69, 9.17) is 4.52 Å². The van der Waals surface area contributed by atoms with Crippen LogP contribution in [0, 0.1) is 25.5 Å². The Bertz CT molecular complexity index is 735. The highest BCUT2D eigenvalue weighted by Crippen LogP contribution is 2.34. The second kappa shape index (κ2) is 6.58. The van der Waals surface area contributed by atoms with E-state index in [0.717, 1.165) is 12.1 Å². The van der Waals surface area contributed by atoms with E-state index in [2.05, 4.69) is 5.16 Å². The molecular formula is C15H13F5N2O2. The first-order valence-corrected chi connectivity index (χ1v) is 6.83. The molecule has 1 amide bonds. The molecule has 130 valence electrons. The second-order valence-electron chi connectivity index (χ2n) is 5.16. The van der Waals surface area contributed by atoms with Crippen LogP contribution in [-0.4, -0.2) is 17.2 Å². The van der Waals surface area contributed by atoms with Gasteiger partial charge in [0.05, 0.1) is 12.1 Å². The third-order valence-electron chi connectivity index (χ3n) is 3.44. The van der Waals surface area contributed by atoms with Crippen molar-refractivity contribution >= 4 is 5.91 Å². The summed E-state index contributed by atoms with van der Waals surface area (Å²) in [6.07, 6.45) is -5.42. The Morgan fingerprint density at radius 1 is 1.29 bits per heavy atom. The molecule has 0 saturated heterocycles. The Labute approximate surface area is 133 Å². The maximum absolute atomic E-state index is 13.7. The van der Waals surface area contributed by atoms with Crippen molar-refractivity contribution in [2.24, 2.45) is 0 Å². The summed E-state index contributed by atoms with van der Waals surface area (Å²) in [5.41, 5.74) is -0.286. The zero-order valence-electron chi connectivity index (χ0n) is 12.7. The molecule has 1 heterocycles. The van der Waals surface area contributed by atoms with Crippen LogP contribution in [-0.2, 0) is 11.2 Å². The summed E-state index contributed by atoms with van der Waals surface area (Å²) in [4.78, 5) is 11.9. The van der Waals surface area contributed by atoms with E-state index in [1.807, 2.05) is 0 Å². The number of aromatic nitrogens is 1. The average molecular weight is 348 g/mol. The molecule has 0 bridgehead atoms. The molecule has 2 aromatic rings. The number of carbonyl (C=O) groups excluding carboxylic acids is 1. The van der Waals surface area contributed by atoms with Crippen molar-refractivity contribution < 1.29 is 31.3 Å². The Balaban J connectivity index is 2.27. The van der Waals surface area contributed by atoms with Crippen molar-refractivity contribution in [1.82, 2.24) is 10.5 Å². The molecule has 4 nitrogen and oxygen atoms in total. The average Bonchev–Trinajstić information content (AvgIpc) is 2.79. The van der Waals surface area contributed by atoms with Crippen LogP contribution in [0.5, 0.6) is 0 Å². The summed E-state index contributed by atoms with van der Waals surface area (Å²) >= 11 is 0. The summed E-state index contributed by atoms with van der Waals surface area (Å²) in [6.45, 7) is 3.04. The number of aryl methyl sites for hydroxylation is 2. The van der Waals surface area contributed by atoms with Gasteiger partial charge in [-0.3, -0.25) is 4.79 Å². The molecule has 2 rings (SSSR count). The molecule has 0 unspecified atom stereocenters. The van der Waals surface area contributed by atoms with Gasteiger partial charge in [-0.2, -0.15) is 13.2 Å². The minimum atomic E-state index is -5.00. The first-order chi connectivity index (χ1) is 11.1. The molecule has 0 spiro atoms. The lowest BCUT2D eigenvalue weighted by atomic mass is 10.0. The van der Waals surface area contributed by atoms with E-state index in [0.29, 0.717) is 23.1 Å². The number of benzene rings is 1. The largest absolute Gasteiger partial charge is 0.412 e. The molecule has 0 aliphatic rings. The molecule has 24 heavy (non-hydrogen) atoms. The highest BCUT2D eigenvalue weighted by atomic mass is 19.4. The Hall–Kier alpha value is -2.45. The monoisotopic (exact) mass is 348 g/mol. The molecule has 1 atom stereocenters. The zero-order valence-corrected chi connectivity index (χ0v) is 12.7. The number of alkyl halides is 3. The third-order valence-corrected chi connectivity index (χ3v) is 3.44. The van der Waals surface area contributed by atoms with Gasteiger partial charge in [0.2, 0.25) is 5.91 Å². The number of hydrogen-bond acceptors (Lipinski definition) is 3. The van der Waals surface area contributed by atoms with E-state index in [1.54, 1.807) is 5.32 Å². The number of hydrogen-bond donors (Lipinski definition) is 1. The van der Waals surface area contributed by atoms with Crippen LogP contribution in [0.15, 0.2) is 22.7 Å². The van der Waals surface area contributed by atoms with Gasteiger partial charge in [0.1, 0.15) is 5.76 Å². The van der Waals surface area contributed by atoms with Crippen molar-refractivity contribution in [3.8, 4) is 0 Å². The van der Waals surface area contributed by atoms with Crippen LogP contribution in [0.3, 0.4) is 0 Å². The minimum absolute atomic E-state index is 0.295. The van der Waals surface area contributed by atoms with Crippen LogP contribution < -0.4 is 5.32 Å². The normalized spacial score (nSPS) is 13.0. The van der Waals surface area contributed by atoms with E-state index in [-0.39, 0.29) is 0 Å². The lowest BCUT2D eigenvalue weighted by Crippen LogP contribution is -2.39. The fraction of sp³-hybridized carbons (Fsp3) is 0.333. The quantitative estimate of drug-likeness (QED) is 0.860. The lowest BCUT2D eigenvalue weighted by molar-refractivity contribution is -0.163. The van der Waals surface area contributed by atoms with Gasteiger partial charge in [0.25, 0.3) is 0 Å². The molecule has 1 aromatic carbocycles. The van der Waals surface area contributed by atoms with Crippen molar-refractivity contribution in [3.05, 3.63) is 52.4 Å². The van der Waals surface area contributed by atoms with Crippen LogP contribution in [0.25, 0.3) is 0 Å². The van der Waals surface area contributed by atoms with E-state index >= 15 is 0 Å². The molecule has 0 aliphatic heterocycles. The van der Waals surface area contributed by atoms with Gasteiger partial charge in [-0.25, -0.2) is 8.78 Å². The van der Waals surface area contributed by atoms with Crippen LogP contribution in [0.1, 0.15) is 28.6 Å². The summed E-state index contributed by atoms with van der Waals surface area (Å²) < 4.78 is 71.3. The molecule has 9 heteroatoms. The molecule has 0 aliphatic carbocycles. The van der Waals surface area contributed by atoms with Gasteiger partial charge in [0.15, 0.2) is 17.7 Å². The maximum Gasteiger partial charge on any atom is 0.412 e. The molecule has 1 aromatic heterocycles. The number of amides is 1. The summed E-state index contributed by atoms with van der Waals surface area (Å²) in [7, 11) is 0. The lowest BCUT2D eigenvalue weighted by Gasteiger charge is -2.22. The van der Waals surface area contributed by atoms with E-state index in [1.165, 1.54) is 13.8 Å². The first-order valence-electron chi connectivity index (χ1n) is 6.83. The van der Waals surface area contributed by atoms with Gasteiger partial charge in [-0.15, -0.1) is 0 Å². The minimum Gasteiger partial charge on any atom is -0.361 e. The SMILES string of the molecule is Cc1noc(C)c1CC(=O)N[C@H](c1cccc(F)c1F)C(F)(F)F. The zero-order chi connectivity index (χ0) is 18.1. The van der Waals surface area contributed by atoms with Crippen molar-refractivity contribution in [3.63, 3.8) is 0 Å². The molecule has 0 saturated carbocycles. The van der Waals surface area contributed by atoms with E-state index < -0.39 is 41.7 Å². The maximum atomic E-state index is 13.7. The predicted octanol–water partition coefficient (Wildman–Crippen LogP) is 3.53. The Morgan fingerprint density at radius 3 is 2.50 bits per heavy atom. The number of rotatable bonds is 4. The molecule has 0 radical (unpaired) electrons. The molecule has 0 fully saturated rings. The smallest absolute Gasteiger partial charge is 0.361 e. The van der Waals surface area contributed by atoms with E-state index in [9.17, 15) is 26.7 Å². The van der Waals surface area contributed by atoms with Gasteiger partial charge in [-0.1, -0.05) is 17.3 Å². The molecule has 1 N–H and O–H groups in total. The van der Waals surface area contributed by atoms with Gasteiger partial charge in [-0.05, 0) is 19.9 Å². The first kappa shape index (κ1) is 17.9. The highest BCUT2D eigenvalue weighted by molar-refractivity contribution is 5.79. The standard InChI is InChI=1S/C15H13F5N2O2/c1-7-10(8(2)24-22-7)6-12(23)21-14(15(18,19)20)9-4-3-5-11(16)13(9)17/h3-5,14H,6H2,1-2H3,(H,21,23)/t14-/m1/s1. The number of carbonyl (C=O) groups is 1. The summed E-state index contributed by atoms with van der Waals surface area (Å²) in [5.74, 6) is -3.81. The van der Waals surface area contributed by atoms with Crippen LogP contribution >= 0.6 is 0 Å². The van der Waals surface area contributed by atoms with Crippen molar-refractivity contribution in [2.45, 2.75) is 32.5 Å². The van der Waals surface area contributed by atoms with Gasteiger partial charge in [0, 0.05) is 11.1 Å². The summed E-state index contributed by atoms with van der Waals surface area (Å²) in [6, 6.07) is -0.265. The molecular weight excluding hydrogens is 335 g/mol. The number of nitrogens with zero attached hydrogens (tertiary/aromatic N) is 1. The highest BCUT2D eigenvalue weighted by Gasteiger charge is 2.43. The van der Waals surface area contributed by atoms with Gasteiger partial charge >= 0.3 is 6.18 Å². The van der Waals surface area contributed by atoms with Crippen molar-refractivity contribution in [2.75, 3.05) is 0 Å². The summed E-state index contributed by atoms with van der Waals surface area (Å²) in [5, 5.41) is 5.29. The van der Waals surface area contributed by atoms with Gasteiger partial charge < -0.3 is 9.84 Å². The third kappa shape index (κ3) is 3.72. The second-order valence-corrected chi connectivity index (χ2v) is 5.16. The fourth-order valence-corrected chi connectivity index (χ4v) is 2.21. The Morgan fingerprint density at radius 2 is 1.96 bits per heavy atom. The fourth-order valence-electron chi connectivity index (χ4n) is 2.21. The Kier molecular flexibility index (Phi) is 4.91. The topological polar surface area (TPSA) is 55.1 Å². The van der Waals surface area contributed by atoms with Crippen LogP contribution in [0.2, 0.25) is 0 Å². The predicted molar refractivity (Wildman–Crippen MR) is 73.0 cm³/mol. The number of nitrogens with one attached hydrogen (secondary N) is 1. The number of halogens is 5.